The monoisotopic (exact) mass is 183 g/mol. The number of nitrogens with one attached hydrogen (secondary N) is 1. The first-order valence-corrected chi connectivity index (χ1v) is 3.99. The molecule has 1 N–H and O–H groups in total. The molecule has 6 heteroatoms. The van der Waals surface area contributed by atoms with E-state index in [2.05, 4.69) is 20.8 Å². The average Bonchev–Trinajstić information content (AvgIpc) is 2.34. The van der Waals surface area contributed by atoms with Crippen LogP contribution in [-0.2, 0) is 11.3 Å². The fraction of sp³-hybridized carbons (Fsp3) is 0.714. The number of aromatic nitrogens is 4. The molecular formula is C7H13N5O. The zero-order valence-corrected chi connectivity index (χ0v) is 7.98. The van der Waals surface area contributed by atoms with Crippen LogP contribution in [0.4, 0.5) is 0 Å². The summed E-state index contributed by atoms with van der Waals surface area (Å²) in [6.07, 6.45) is 1.40. The van der Waals surface area contributed by atoms with Crippen molar-refractivity contribution in [2.75, 3.05) is 0 Å². The first-order chi connectivity index (χ1) is 5.97. The molecule has 13 heavy (non-hydrogen) atoms. The molecule has 72 valence electrons. The van der Waals surface area contributed by atoms with E-state index in [9.17, 15) is 4.79 Å². The van der Waals surface area contributed by atoms with Gasteiger partial charge in [-0.25, -0.2) is 4.68 Å². The van der Waals surface area contributed by atoms with Crippen molar-refractivity contribution in [1.82, 2.24) is 25.5 Å². The van der Waals surface area contributed by atoms with Crippen LogP contribution in [0.25, 0.3) is 0 Å². The van der Waals surface area contributed by atoms with Crippen molar-refractivity contribution in [1.29, 1.82) is 0 Å². The number of tetrazole rings is 1. The number of rotatable bonds is 2. The van der Waals surface area contributed by atoms with Crippen LogP contribution in [0.2, 0.25) is 0 Å². The highest BCUT2D eigenvalue weighted by Gasteiger charge is 2.13. The molecule has 0 aromatic carbocycles. The molecule has 0 aliphatic heterocycles. The summed E-state index contributed by atoms with van der Waals surface area (Å²) in [6.45, 7) is 5.92. The minimum atomic E-state index is -0.217. The summed E-state index contributed by atoms with van der Waals surface area (Å²) in [5.41, 5.74) is -0.217. The molecule has 0 unspecified atom stereocenters. The highest BCUT2D eigenvalue weighted by atomic mass is 16.2. The summed E-state index contributed by atoms with van der Waals surface area (Å²) in [6, 6.07) is 0. The minimum Gasteiger partial charge on any atom is -0.350 e. The van der Waals surface area contributed by atoms with Crippen LogP contribution >= 0.6 is 0 Å². The van der Waals surface area contributed by atoms with Crippen LogP contribution in [0, 0.1) is 0 Å². The van der Waals surface area contributed by atoms with Crippen molar-refractivity contribution < 1.29 is 4.79 Å². The Hall–Kier alpha value is -1.46. The van der Waals surface area contributed by atoms with Crippen molar-refractivity contribution in [2.24, 2.45) is 0 Å². The summed E-state index contributed by atoms with van der Waals surface area (Å²) >= 11 is 0. The molecule has 1 amide bonds. The standard InChI is InChI=1S/C7H13N5O/c1-7(2,3)9-6(13)4-12-5-8-10-11-12/h5H,4H2,1-3H3,(H,9,13). The topological polar surface area (TPSA) is 72.7 Å². The number of hydrogen-bond donors (Lipinski definition) is 1. The van der Waals surface area contributed by atoms with E-state index < -0.39 is 0 Å². The quantitative estimate of drug-likeness (QED) is 0.676. The van der Waals surface area contributed by atoms with E-state index >= 15 is 0 Å². The molecule has 0 bridgehead atoms. The fourth-order valence-electron chi connectivity index (χ4n) is 0.858. The first-order valence-electron chi connectivity index (χ1n) is 3.99. The summed E-state index contributed by atoms with van der Waals surface area (Å²) in [4.78, 5) is 11.3. The molecule has 0 saturated carbocycles. The Morgan fingerprint density at radius 1 is 1.54 bits per heavy atom. The molecule has 0 aliphatic rings. The lowest BCUT2D eigenvalue weighted by Gasteiger charge is -2.20. The van der Waals surface area contributed by atoms with Gasteiger partial charge in [-0.05, 0) is 31.2 Å². The summed E-state index contributed by atoms with van der Waals surface area (Å²) < 4.78 is 1.38. The highest BCUT2D eigenvalue weighted by Crippen LogP contribution is 1.97. The van der Waals surface area contributed by atoms with Gasteiger partial charge >= 0.3 is 0 Å². The van der Waals surface area contributed by atoms with Gasteiger partial charge in [-0.3, -0.25) is 4.79 Å². The lowest BCUT2D eigenvalue weighted by Crippen LogP contribution is -2.42. The van der Waals surface area contributed by atoms with Crippen LogP contribution in [0.5, 0.6) is 0 Å². The van der Waals surface area contributed by atoms with Gasteiger partial charge in [0.1, 0.15) is 12.9 Å². The molecule has 0 fully saturated rings. The van der Waals surface area contributed by atoms with Gasteiger partial charge in [0, 0.05) is 5.54 Å². The Morgan fingerprint density at radius 2 is 2.23 bits per heavy atom. The second-order valence-corrected chi connectivity index (χ2v) is 3.81. The number of nitrogens with zero attached hydrogens (tertiary/aromatic N) is 4. The van der Waals surface area contributed by atoms with Crippen LogP contribution in [0.3, 0.4) is 0 Å². The van der Waals surface area contributed by atoms with Gasteiger partial charge in [0.05, 0.1) is 0 Å². The van der Waals surface area contributed by atoms with Crippen LogP contribution in [0.1, 0.15) is 20.8 Å². The Kier molecular flexibility index (Phi) is 2.60. The lowest BCUT2D eigenvalue weighted by molar-refractivity contribution is -0.123. The Morgan fingerprint density at radius 3 is 2.69 bits per heavy atom. The van der Waals surface area contributed by atoms with Crippen LogP contribution in [-0.4, -0.2) is 31.7 Å². The maximum absolute atomic E-state index is 11.3. The van der Waals surface area contributed by atoms with E-state index in [1.807, 2.05) is 20.8 Å². The van der Waals surface area contributed by atoms with Crippen molar-refractivity contribution in [3.8, 4) is 0 Å². The van der Waals surface area contributed by atoms with Gasteiger partial charge < -0.3 is 5.32 Å². The molecule has 0 aliphatic carbocycles. The normalized spacial score (nSPS) is 11.3. The predicted octanol–water partition coefficient (Wildman–Crippen LogP) is -0.412. The van der Waals surface area contributed by atoms with Crippen molar-refractivity contribution in [3.63, 3.8) is 0 Å². The molecule has 0 spiro atoms. The molecular weight excluding hydrogens is 170 g/mol. The number of hydrogen-bond acceptors (Lipinski definition) is 4. The zero-order chi connectivity index (χ0) is 9.90. The Bertz CT molecular complexity index is 274. The molecule has 1 aromatic heterocycles. The fourth-order valence-corrected chi connectivity index (χ4v) is 0.858. The second kappa shape index (κ2) is 3.51. The first kappa shape index (κ1) is 9.63. The van der Waals surface area contributed by atoms with Crippen molar-refractivity contribution >= 4 is 5.91 Å². The van der Waals surface area contributed by atoms with E-state index in [0.29, 0.717) is 0 Å². The number of carbonyl (C=O) groups excluding carboxylic acids is 1. The van der Waals surface area contributed by atoms with Crippen LogP contribution < -0.4 is 5.32 Å². The van der Waals surface area contributed by atoms with E-state index in [1.165, 1.54) is 11.0 Å². The van der Waals surface area contributed by atoms with E-state index in [-0.39, 0.29) is 18.0 Å². The van der Waals surface area contributed by atoms with Gasteiger partial charge in [0.25, 0.3) is 0 Å². The molecule has 1 aromatic rings. The molecule has 1 heterocycles. The number of amides is 1. The SMILES string of the molecule is CC(C)(C)NC(=O)Cn1cnnn1. The maximum atomic E-state index is 11.3. The highest BCUT2D eigenvalue weighted by molar-refractivity contribution is 5.76. The molecule has 0 saturated heterocycles. The third-order valence-corrected chi connectivity index (χ3v) is 1.21. The van der Waals surface area contributed by atoms with Gasteiger partial charge in [-0.1, -0.05) is 0 Å². The van der Waals surface area contributed by atoms with Gasteiger partial charge in [-0.15, -0.1) is 5.10 Å². The predicted molar refractivity (Wildman–Crippen MR) is 45.7 cm³/mol. The molecule has 0 radical (unpaired) electrons. The van der Waals surface area contributed by atoms with Gasteiger partial charge in [-0.2, -0.15) is 0 Å². The molecule has 1 rings (SSSR count). The van der Waals surface area contributed by atoms with Crippen molar-refractivity contribution in [2.45, 2.75) is 32.9 Å². The number of carbonyl (C=O) groups is 1. The smallest absolute Gasteiger partial charge is 0.242 e. The summed E-state index contributed by atoms with van der Waals surface area (Å²) in [5, 5.41) is 13.2. The second-order valence-electron chi connectivity index (χ2n) is 3.81. The Balaban J connectivity index is 2.43. The lowest BCUT2D eigenvalue weighted by atomic mass is 10.1. The molecule has 0 atom stereocenters. The third-order valence-electron chi connectivity index (χ3n) is 1.21. The third kappa shape index (κ3) is 3.64. The summed E-state index contributed by atoms with van der Waals surface area (Å²) in [7, 11) is 0. The van der Waals surface area contributed by atoms with Crippen molar-refractivity contribution in [3.05, 3.63) is 6.33 Å². The zero-order valence-electron chi connectivity index (χ0n) is 7.98. The molecule has 6 nitrogen and oxygen atoms in total. The maximum Gasteiger partial charge on any atom is 0.242 e. The van der Waals surface area contributed by atoms with E-state index in [0.717, 1.165) is 0 Å². The van der Waals surface area contributed by atoms with Gasteiger partial charge in [0.2, 0.25) is 5.91 Å². The summed E-state index contributed by atoms with van der Waals surface area (Å²) in [5.74, 6) is -0.0974. The van der Waals surface area contributed by atoms with Gasteiger partial charge in [0.15, 0.2) is 0 Å². The van der Waals surface area contributed by atoms with E-state index in [1.54, 1.807) is 0 Å². The van der Waals surface area contributed by atoms with E-state index in [4.69, 9.17) is 0 Å². The van der Waals surface area contributed by atoms with Crippen LogP contribution in [0.15, 0.2) is 6.33 Å². The average molecular weight is 183 g/mol. The minimum absolute atomic E-state index is 0.0974. The largest absolute Gasteiger partial charge is 0.350 e. The Labute approximate surface area is 76.3 Å².